The Balaban J connectivity index is 2.06. The van der Waals surface area contributed by atoms with Crippen molar-refractivity contribution in [3.05, 3.63) is 12.2 Å². The number of hydrogen-bond donors (Lipinski definition) is 0. The van der Waals surface area contributed by atoms with Crippen LogP contribution in [0, 0.1) is 23.2 Å². The molecule has 0 aliphatic heterocycles. The SMILES string of the molecule is C=C1C[C@H]2CCC[C@]23C[C@@H](C)[C@H](C1)C3=O. The van der Waals surface area contributed by atoms with E-state index in [2.05, 4.69) is 13.5 Å². The first kappa shape index (κ1) is 9.62. The second kappa shape index (κ2) is 2.96. The maximum Gasteiger partial charge on any atom is 0.142 e. The number of Topliss-reactive ketones (excluding diaryl/α,β-unsaturated/α-hetero) is 1. The van der Waals surface area contributed by atoms with E-state index >= 15 is 0 Å². The standard InChI is InChI=1S/C14H20O/c1-9-6-11-4-3-5-14(11)8-10(2)12(7-9)13(14)15/h10-12H,1,3-8H2,2H3/t10-,11-,12+,14+/m1/s1. The van der Waals surface area contributed by atoms with Crippen LogP contribution in [0.1, 0.15) is 45.4 Å². The van der Waals surface area contributed by atoms with Crippen LogP contribution in [-0.2, 0) is 4.79 Å². The minimum Gasteiger partial charge on any atom is -0.299 e. The molecule has 3 aliphatic rings. The molecule has 3 aliphatic carbocycles. The smallest absolute Gasteiger partial charge is 0.142 e. The molecule has 15 heavy (non-hydrogen) atoms. The van der Waals surface area contributed by atoms with Crippen molar-refractivity contribution in [2.45, 2.75) is 45.4 Å². The molecule has 0 aromatic rings. The zero-order chi connectivity index (χ0) is 10.6. The fraction of sp³-hybridized carbons (Fsp3) is 0.786. The molecular weight excluding hydrogens is 184 g/mol. The van der Waals surface area contributed by atoms with Crippen molar-refractivity contribution >= 4 is 5.78 Å². The Morgan fingerprint density at radius 1 is 1.40 bits per heavy atom. The highest BCUT2D eigenvalue weighted by molar-refractivity contribution is 5.90. The highest BCUT2D eigenvalue weighted by Crippen LogP contribution is 2.60. The molecule has 0 unspecified atom stereocenters. The zero-order valence-electron chi connectivity index (χ0n) is 9.59. The lowest BCUT2D eigenvalue weighted by Crippen LogP contribution is -2.30. The predicted octanol–water partition coefficient (Wildman–Crippen LogP) is 3.35. The third kappa shape index (κ3) is 1.12. The van der Waals surface area contributed by atoms with Gasteiger partial charge in [0.2, 0.25) is 0 Å². The van der Waals surface area contributed by atoms with E-state index in [0.717, 1.165) is 12.8 Å². The summed E-state index contributed by atoms with van der Waals surface area (Å²) >= 11 is 0. The monoisotopic (exact) mass is 204 g/mol. The molecule has 1 nitrogen and oxygen atoms in total. The summed E-state index contributed by atoms with van der Waals surface area (Å²) in [6.07, 6.45) is 7.00. The first-order valence-corrected chi connectivity index (χ1v) is 6.34. The lowest BCUT2D eigenvalue weighted by atomic mass is 9.73. The minimum absolute atomic E-state index is 0.101. The Hall–Kier alpha value is -0.590. The van der Waals surface area contributed by atoms with Crippen molar-refractivity contribution in [2.24, 2.45) is 23.2 Å². The van der Waals surface area contributed by atoms with Gasteiger partial charge in [-0.1, -0.05) is 25.5 Å². The molecule has 0 aromatic carbocycles. The van der Waals surface area contributed by atoms with E-state index in [1.165, 1.54) is 31.3 Å². The van der Waals surface area contributed by atoms with Crippen molar-refractivity contribution in [3.63, 3.8) is 0 Å². The van der Waals surface area contributed by atoms with E-state index in [9.17, 15) is 4.79 Å². The Labute approximate surface area is 91.9 Å². The largest absolute Gasteiger partial charge is 0.299 e. The zero-order valence-corrected chi connectivity index (χ0v) is 9.59. The summed E-state index contributed by atoms with van der Waals surface area (Å²) in [4.78, 5) is 12.5. The number of rotatable bonds is 0. The van der Waals surface area contributed by atoms with Crippen molar-refractivity contribution in [2.75, 3.05) is 0 Å². The first-order valence-electron chi connectivity index (χ1n) is 6.34. The van der Waals surface area contributed by atoms with Gasteiger partial charge in [-0.15, -0.1) is 0 Å². The lowest BCUT2D eigenvalue weighted by Gasteiger charge is -2.29. The average Bonchev–Trinajstić information content (AvgIpc) is 2.62. The maximum absolute atomic E-state index is 12.5. The summed E-state index contributed by atoms with van der Waals surface area (Å²) in [6.45, 7) is 6.44. The average molecular weight is 204 g/mol. The third-order valence-electron chi connectivity index (χ3n) is 5.20. The van der Waals surface area contributed by atoms with Crippen LogP contribution in [-0.4, -0.2) is 5.78 Å². The van der Waals surface area contributed by atoms with Crippen LogP contribution < -0.4 is 0 Å². The van der Waals surface area contributed by atoms with Crippen LogP contribution in [0.25, 0.3) is 0 Å². The fourth-order valence-electron chi connectivity index (χ4n) is 4.52. The topological polar surface area (TPSA) is 17.1 Å². The van der Waals surface area contributed by atoms with E-state index in [1.807, 2.05) is 0 Å². The highest BCUT2D eigenvalue weighted by atomic mass is 16.1. The molecule has 2 bridgehead atoms. The molecule has 1 heteroatoms. The van der Waals surface area contributed by atoms with Crippen LogP contribution in [0.2, 0.25) is 0 Å². The van der Waals surface area contributed by atoms with E-state index in [0.29, 0.717) is 23.5 Å². The van der Waals surface area contributed by atoms with Gasteiger partial charge in [0.1, 0.15) is 5.78 Å². The Bertz CT molecular complexity index is 330. The summed E-state index contributed by atoms with van der Waals surface area (Å²) in [7, 11) is 0. The molecule has 4 atom stereocenters. The van der Waals surface area contributed by atoms with Crippen molar-refractivity contribution in [1.29, 1.82) is 0 Å². The highest BCUT2D eigenvalue weighted by Gasteiger charge is 2.58. The van der Waals surface area contributed by atoms with E-state index in [-0.39, 0.29) is 5.41 Å². The summed E-state index contributed by atoms with van der Waals surface area (Å²) < 4.78 is 0. The summed E-state index contributed by atoms with van der Waals surface area (Å²) in [5.74, 6) is 2.18. The molecule has 3 saturated carbocycles. The van der Waals surface area contributed by atoms with Gasteiger partial charge in [0.15, 0.2) is 0 Å². The minimum atomic E-state index is 0.101. The Morgan fingerprint density at radius 2 is 2.20 bits per heavy atom. The van der Waals surface area contributed by atoms with Gasteiger partial charge < -0.3 is 0 Å². The summed E-state index contributed by atoms with van der Waals surface area (Å²) in [5, 5.41) is 0. The van der Waals surface area contributed by atoms with E-state index < -0.39 is 0 Å². The second-order valence-electron chi connectivity index (χ2n) is 6.06. The molecule has 82 valence electrons. The van der Waals surface area contributed by atoms with Gasteiger partial charge in [0, 0.05) is 11.3 Å². The van der Waals surface area contributed by atoms with Gasteiger partial charge in [-0.2, -0.15) is 0 Å². The molecule has 3 rings (SSSR count). The second-order valence-corrected chi connectivity index (χ2v) is 6.06. The van der Waals surface area contributed by atoms with Crippen LogP contribution in [0.5, 0.6) is 0 Å². The molecule has 0 radical (unpaired) electrons. The van der Waals surface area contributed by atoms with Crippen molar-refractivity contribution < 1.29 is 4.79 Å². The molecule has 0 amide bonds. The van der Waals surface area contributed by atoms with Gasteiger partial charge >= 0.3 is 0 Å². The lowest BCUT2D eigenvalue weighted by molar-refractivity contribution is -0.130. The molecule has 3 fully saturated rings. The van der Waals surface area contributed by atoms with Crippen LogP contribution in [0.4, 0.5) is 0 Å². The molecular formula is C14H20O. The van der Waals surface area contributed by atoms with Crippen LogP contribution >= 0.6 is 0 Å². The number of fused-ring (bicyclic) bond motifs is 1. The van der Waals surface area contributed by atoms with Gasteiger partial charge in [-0.3, -0.25) is 4.79 Å². The molecule has 0 aromatic heterocycles. The molecule has 0 N–H and O–H groups in total. The number of allylic oxidation sites excluding steroid dienone is 1. The predicted molar refractivity (Wildman–Crippen MR) is 60.4 cm³/mol. The Kier molecular flexibility index (Phi) is 1.90. The number of carbonyl (C=O) groups is 1. The first-order chi connectivity index (χ1) is 7.13. The maximum atomic E-state index is 12.5. The van der Waals surface area contributed by atoms with Crippen LogP contribution in [0.3, 0.4) is 0 Å². The molecule has 0 saturated heterocycles. The van der Waals surface area contributed by atoms with Gasteiger partial charge in [0.05, 0.1) is 0 Å². The molecule has 1 spiro atoms. The number of ketones is 1. The fourth-order valence-corrected chi connectivity index (χ4v) is 4.52. The number of hydrogen-bond acceptors (Lipinski definition) is 1. The quantitative estimate of drug-likeness (QED) is 0.553. The summed E-state index contributed by atoms with van der Waals surface area (Å²) in [5.41, 5.74) is 1.44. The van der Waals surface area contributed by atoms with E-state index in [4.69, 9.17) is 0 Å². The van der Waals surface area contributed by atoms with Gasteiger partial charge in [-0.25, -0.2) is 0 Å². The normalized spacial score (nSPS) is 49.3. The Morgan fingerprint density at radius 3 is 3.00 bits per heavy atom. The summed E-state index contributed by atoms with van der Waals surface area (Å²) in [6, 6.07) is 0. The van der Waals surface area contributed by atoms with Crippen molar-refractivity contribution in [1.82, 2.24) is 0 Å². The van der Waals surface area contributed by atoms with Gasteiger partial charge in [0.25, 0.3) is 0 Å². The van der Waals surface area contributed by atoms with Crippen LogP contribution in [0.15, 0.2) is 12.2 Å². The van der Waals surface area contributed by atoms with E-state index in [1.54, 1.807) is 0 Å². The third-order valence-corrected chi connectivity index (χ3v) is 5.20. The van der Waals surface area contributed by atoms with Crippen molar-refractivity contribution in [3.8, 4) is 0 Å². The number of carbonyl (C=O) groups excluding carboxylic acids is 1. The van der Waals surface area contributed by atoms with Gasteiger partial charge in [-0.05, 0) is 43.9 Å². The molecule has 0 heterocycles.